The molecule has 1 saturated heterocycles. The van der Waals surface area contributed by atoms with Gasteiger partial charge in [0.1, 0.15) is 12.7 Å². The number of hydrogen-bond acceptors (Lipinski definition) is 16. The van der Waals surface area contributed by atoms with Crippen LogP contribution in [0.2, 0.25) is 0 Å². The Hall–Kier alpha value is -4.96. The summed E-state index contributed by atoms with van der Waals surface area (Å²) in [5.74, 6) is -4.13. The van der Waals surface area contributed by atoms with E-state index in [1.165, 1.54) is 4.90 Å². The lowest BCUT2D eigenvalue weighted by Crippen LogP contribution is -2.40. The summed E-state index contributed by atoms with van der Waals surface area (Å²) < 4.78 is 39.9. The molecule has 1 aromatic heterocycles. The van der Waals surface area contributed by atoms with E-state index >= 15 is 0 Å². The second-order valence-corrected chi connectivity index (χ2v) is 21.4. The van der Waals surface area contributed by atoms with Gasteiger partial charge in [0.25, 0.3) is 0 Å². The second-order valence-electron chi connectivity index (χ2n) is 21.4. The Kier molecular flexibility index (Phi) is 40.7. The molecule has 0 radical (unpaired) electrons. The Bertz CT molecular complexity index is 1700. The van der Waals surface area contributed by atoms with Crippen LogP contribution in [-0.4, -0.2) is 124 Å². The Morgan fingerprint density at radius 2 is 0.885 bits per heavy atom. The Morgan fingerprint density at radius 3 is 1.29 bits per heavy atom. The fraction of sp³-hybridized carbons (Fsp3) is 0.803. The molecular formula is C61H103N3O14. The molecule has 0 aliphatic carbocycles. The normalized spacial score (nSPS) is 14.1. The Balaban J connectivity index is 2.15. The molecule has 0 N–H and O–H groups in total. The predicted octanol–water partition coefficient (Wildman–Crippen LogP) is 12.8. The standard InChI is InChI=1S/C61H103N3O14/c1-6-10-14-18-22-26-31-55(65)73-45-50(46-74-56(66)32-27-23-19-15-11-7-2)41-59(69)77-49-53-43-54(44-64(53)61(71)72-40-30-39-63(5)52-35-37-62-38-36-52)78-60(70)42-51(47-75-57(67)33-28-24-20-16-12-8-3)48-76-58(68)34-29-25-21-17-13-9-4/h35-38,50-51,53-54H,6-34,39-49H2,1-5H3/t53-,54+/m0/s1. The largest absolute Gasteiger partial charge is 0.465 e. The van der Waals surface area contributed by atoms with Crippen molar-refractivity contribution in [3.63, 3.8) is 0 Å². The van der Waals surface area contributed by atoms with Crippen LogP contribution in [0.4, 0.5) is 10.5 Å². The first-order valence-electron chi connectivity index (χ1n) is 30.4. The van der Waals surface area contributed by atoms with Crippen molar-refractivity contribution in [2.75, 3.05) is 64.7 Å². The van der Waals surface area contributed by atoms with Crippen molar-refractivity contribution in [3.8, 4) is 0 Å². The van der Waals surface area contributed by atoms with Crippen LogP contribution in [0.3, 0.4) is 0 Å². The van der Waals surface area contributed by atoms with Crippen molar-refractivity contribution >= 4 is 47.6 Å². The molecule has 1 aliphatic rings. The molecule has 1 fully saturated rings. The highest BCUT2D eigenvalue weighted by molar-refractivity contribution is 5.73. The lowest BCUT2D eigenvalue weighted by atomic mass is 10.1. The number of unbranched alkanes of at least 4 members (excludes halogenated alkanes) is 20. The zero-order valence-electron chi connectivity index (χ0n) is 49.0. The lowest BCUT2D eigenvalue weighted by Gasteiger charge is -2.24. The second kappa shape index (κ2) is 45.9. The molecular weight excluding hydrogens is 999 g/mol. The van der Waals surface area contributed by atoms with Gasteiger partial charge < -0.3 is 38.1 Å². The SMILES string of the molecule is CCCCCCCCC(=O)OCC(COC(=O)CCCCCCCC)CC(=O)OC[C@@H]1C[C@@H](OC(=O)CC(COC(=O)CCCCCCCC)COC(=O)CCCCCCCC)CN1C(=O)OCCCN(C)c1ccncc1. The van der Waals surface area contributed by atoms with E-state index in [0.717, 1.165) is 134 Å². The van der Waals surface area contributed by atoms with Gasteiger partial charge in [0.05, 0.1) is 58.5 Å². The highest BCUT2D eigenvalue weighted by Gasteiger charge is 2.39. The minimum absolute atomic E-state index is 0.0411. The maximum absolute atomic E-state index is 13.8. The van der Waals surface area contributed by atoms with Crippen molar-refractivity contribution in [1.29, 1.82) is 0 Å². The van der Waals surface area contributed by atoms with Crippen LogP contribution in [0.5, 0.6) is 0 Å². The van der Waals surface area contributed by atoms with Crippen LogP contribution in [-0.2, 0) is 61.9 Å². The fourth-order valence-corrected chi connectivity index (χ4v) is 9.23. The molecule has 2 atom stereocenters. The van der Waals surface area contributed by atoms with Gasteiger partial charge in [0.15, 0.2) is 0 Å². The maximum Gasteiger partial charge on any atom is 0.410 e. The molecule has 1 aromatic rings. The van der Waals surface area contributed by atoms with Gasteiger partial charge in [0, 0.05) is 75.6 Å². The Morgan fingerprint density at radius 1 is 0.500 bits per heavy atom. The number of nitrogens with zero attached hydrogens (tertiary/aromatic N) is 3. The number of carbonyl (C=O) groups is 7. The summed E-state index contributed by atoms with van der Waals surface area (Å²) in [5.41, 5.74) is 0.960. The van der Waals surface area contributed by atoms with E-state index in [1.807, 2.05) is 24.1 Å². The summed E-state index contributed by atoms with van der Waals surface area (Å²) in [4.78, 5) is 99.6. The van der Waals surface area contributed by atoms with Gasteiger partial charge in [-0.25, -0.2) is 4.79 Å². The van der Waals surface area contributed by atoms with Crippen molar-refractivity contribution in [1.82, 2.24) is 9.88 Å². The van der Waals surface area contributed by atoms with E-state index in [4.69, 9.17) is 33.2 Å². The summed E-state index contributed by atoms with van der Waals surface area (Å²) >= 11 is 0. The number of anilines is 1. The molecule has 0 aromatic carbocycles. The smallest absolute Gasteiger partial charge is 0.410 e. The highest BCUT2D eigenvalue weighted by atomic mass is 16.6. The molecule has 0 bridgehead atoms. The first kappa shape index (κ1) is 69.1. The topological polar surface area (TPSA) is 203 Å². The van der Waals surface area contributed by atoms with E-state index in [-0.39, 0.29) is 115 Å². The van der Waals surface area contributed by atoms with Crippen molar-refractivity contribution in [2.45, 2.75) is 245 Å². The number of likely N-dealkylation sites (tertiary alicyclic amines) is 1. The van der Waals surface area contributed by atoms with Crippen molar-refractivity contribution < 1.29 is 66.7 Å². The minimum Gasteiger partial charge on any atom is -0.465 e. The molecule has 0 unspecified atom stereocenters. The highest BCUT2D eigenvalue weighted by Crippen LogP contribution is 2.25. The monoisotopic (exact) mass is 1100 g/mol. The third kappa shape index (κ3) is 35.5. The third-order valence-electron chi connectivity index (χ3n) is 14.1. The summed E-state index contributed by atoms with van der Waals surface area (Å²) in [6.45, 7) is 8.46. The lowest BCUT2D eigenvalue weighted by molar-refractivity contribution is -0.157. The van der Waals surface area contributed by atoms with Crippen molar-refractivity contribution in [2.24, 2.45) is 11.8 Å². The van der Waals surface area contributed by atoms with Gasteiger partial charge in [-0.05, 0) is 44.2 Å². The van der Waals surface area contributed by atoms with Crippen molar-refractivity contribution in [3.05, 3.63) is 24.5 Å². The van der Waals surface area contributed by atoms with Gasteiger partial charge in [-0.3, -0.25) is 38.7 Å². The number of hydrogen-bond donors (Lipinski definition) is 0. The molecule has 2 heterocycles. The van der Waals surface area contributed by atoms with E-state index in [2.05, 4.69) is 32.7 Å². The van der Waals surface area contributed by atoms with Crippen LogP contribution in [0.15, 0.2) is 24.5 Å². The van der Waals surface area contributed by atoms with E-state index in [9.17, 15) is 33.6 Å². The van der Waals surface area contributed by atoms with Crippen LogP contribution >= 0.6 is 0 Å². The molecule has 0 spiro atoms. The van der Waals surface area contributed by atoms with Crippen LogP contribution < -0.4 is 4.90 Å². The van der Waals surface area contributed by atoms with Crippen LogP contribution in [0.1, 0.15) is 233 Å². The number of carbonyl (C=O) groups excluding carboxylic acids is 7. The summed E-state index contributed by atoms with van der Waals surface area (Å²) in [7, 11) is 1.93. The van der Waals surface area contributed by atoms with E-state index in [1.54, 1.807) is 12.4 Å². The molecule has 78 heavy (non-hydrogen) atoms. The first-order chi connectivity index (χ1) is 37.9. The average Bonchev–Trinajstić information content (AvgIpc) is 3.84. The zero-order valence-corrected chi connectivity index (χ0v) is 49.0. The van der Waals surface area contributed by atoms with Gasteiger partial charge in [0.2, 0.25) is 0 Å². The zero-order chi connectivity index (χ0) is 56.9. The predicted molar refractivity (Wildman–Crippen MR) is 301 cm³/mol. The quantitative estimate of drug-likeness (QED) is 0.0338. The Labute approximate surface area is 469 Å². The van der Waals surface area contributed by atoms with Crippen LogP contribution in [0.25, 0.3) is 0 Å². The number of esters is 6. The number of ether oxygens (including phenoxy) is 7. The number of pyridine rings is 1. The molecule has 0 saturated carbocycles. The summed E-state index contributed by atoms with van der Waals surface area (Å²) in [6.07, 6.45) is 27.5. The van der Waals surface area contributed by atoms with Gasteiger partial charge in [-0.15, -0.1) is 0 Å². The van der Waals surface area contributed by atoms with Gasteiger partial charge >= 0.3 is 41.9 Å². The molecule has 1 amide bonds. The van der Waals surface area contributed by atoms with E-state index < -0.39 is 42.0 Å². The fourth-order valence-electron chi connectivity index (χ4n) is 9.23. The average molecular weight is 1100 g/mol. The maximum atomic E-state index is 13.8. The minimum atomic E-state index is -0.803. The molecule has 2 rings (SSSR count). The number of rotatable bonds is 48. The third-order valence-corrected chi connectivity index (χ3v) is 14.1. The number of aromatic nitrogens is 1. The molecule has 1 aliphatic heterocycles. The van der Waals surface area contributed by atoms with Gasteiger partial charge in [-0.2, -0.15) is 0 Å². The summed E-state index contributed by atoms with van der Waals surface area (Å²) in [6, 6.07) is 3.04. The molecule has 17 nitrogen and oxygen atoms in total. The van der Waals surface area contributed by atoms with Crippen LogP contribution in [0, 0.1) is 11.8 Å². The molecule has 446 valence electrons. The molecule has 17 heteroatoms. The number of amides is 1. The van der Waals surface area contributed by atoms with Gasteiger partial charge in [-0.1, -0.05) is 156 Å². The first-order valence-corrected chi connectivity index (χ1v) is 30.4. The van der Waals surface area contributed by atoms with E-state index in [0.29, 0.717) is 38.6 Å². The summed E-state index contributed by atoms with van der Waals surface area (Å²) in [5, 5.41) is 0.